The van der Waals surface area contributed by atoms with E-state index in [1.54, 1.807) is 11.3 Å². The maximum absolute atomic E-state index is 6.03. The van der Waals surface area contributed by atoms with Gasteiger partial charge in [0.05, 0.1) is 5.69 Å². The molecule has 0 amide bonds. The Morgan fingerprint density at radius 2 is 2.06 bits per heavy atom. The van der Waals surface area contributed by atoms with Crippen LogP contribution < -0.4 is 5.73 Å². The summed E-state index contributed by atoms with van der Waals surface area (Å²) in [4.78, 5) is 5.65. The van der Waals surface area contributed by atoms with Crippen molar-refractivity contribution in [3.63, 3.8) is 0 Å². The van der Waals surface area contributed by atoms with Gasteiger partial charge in [0.2, 0.25) is 0 Å². The van der Waals surface area contributed by atoms with Gasteiger partial charge >= 0.3 is 0 Å². The first-order valence-electron chi connectivity index (χ1n) is 5.51. The highest BCUT2D eigenvalue weighted by Gasteiger charge is 2.15. The van der Waals surface area contributed by atoms with Gasteiger partial charge in [-0.25, -0.2) is 4.98 Å². The van der Waals surface area contributed by atoms with E-state index in [2.05, 4.69) is 24.9 Å². The summed E-state index contributed by atoms with van der Waals surface area (Å²) < 4.78 is 0. The van der Waals surface area contributed by atoms with Crippen molar-refractivity contribution in [2.75, 3.05) is 5.73 Å². The summed E-state index contributed by atoms with van der Waals surface area (Å²) in [6.45, 7) is 6.30. The Morgan fingerprint density at radius 1 is 1.35 bits per heavy atom. The molecule has 0 bridgehead atoms. The van der Waals surface area contributed by atoms with Crippen LogP contribution in [0.25, 0.3) is 11.3 Å². The molecule has 0 saturated carbocycles. The van der Waals surface area contributed by atoms with Gasteiger partial charge in [-0.2, -0.15) is 0 Å². The Bertz CT molecular complexity index is 546. The second-order valence-corrected chi connectivity index (χ2v) is 5.85. The molecule has 1 heterocycles. The first-order valence-corrected chi connectivity index (χ1v) is 6.71. The third kappa shape index (κ3) is 2.45. The molecule has 0 saturated heterocycles. The first kappa shape index (κ1) is 12.4. The lowest BCUT2D eigenvalue weighted by molar-refractivity contribution is 0.888. The van der Waals surface area contributed by atoms with Crippen LogP contribution in [0.15, 0.2) is 18.2 Å². The van der Waals surface area contributed by atoms with E-state index >= 15 is 0 Å². The van der Waals surface area contributed by atoms with Crippen molar-refractivity contribution < 1.29 is 0 Å². The molecule has 2 aromatic rings. The molecule has 2 N–H and O–H groups in total. The van der Waals surface area contributed by atoms with Gasteiger partial charge in [-0.05, 0) is 30.5 Å². The number of aryl methyl sites for hydroxylation is 1. The van der Waals surface area contributed by atoms with Crippen molar-refractivity contribution in [2.45, 2.75) is 26.7 Å². The molecule has 0 aliphatic heterocycles. The van der Waals surface area contributed by atoms with Crippen molar-refractivity contribution in [2.24, 2.45) is 0 Å². The zero-order chi connectivity index (χ0) is 12.6. The molecule has 0 spiro atoms. The molecule has 1 aromatic heterocycles. The zero-order valence-corrected chi connectivity index (χ0v) is 11.7. The topological polar surface area (TPSA) is 38.9 Å². The maximum atomic E-state index is 6.03. The van der Waals surface area contributed by atoms with Crippen LogP contribution in [0.5, 0.6) is 0 Å². The molecular formula is C13H15ClN2S. The van der Waals surface area contributed by atoms with Crippen LogP contribution in [0.1, 0.15) is 30.2 Å². The lowest BCUT2D eigenvalue weighted by Gasteiger charge is -2.06. The summed E-state index contributed by atoms with van der Waals surface area (Å²) in [6.07, 6.45) is 0. The van der Waals surface area contributed by atoms with Crippen LogP contribution in [0.2, 0.25) is 5.02 Å². The van der Waals surface area contributed by atoms with Gasteiger partial charge in [0.1, 0.15) is 0 Å². The number of anilines is 1. The van der Waals surface area contributed by atoms with Crippen molar-refractivity contribution in [1.29, 1.82) is 0 Å². The van der Waals surface area contributed by atoms with Crippen molar-refractivity contribution in [3.8, 4) is 11.3 Å². The number of aromatic nitrogens is 1. The Balaban J connectivity index is 2.55. The molecule has 90 valence electrons. The average Bonchev–Trinajstić information content (AvgIpc) is 2.64. The predicted molar refractivity (Wildman–Crippen MR) is 75.8 cm³/mol. The monoisotopic (exact) mass is 266 g/mol. The number of halogens is 1. The van der Waals surface area contributed by atoms with Gasteiger partial charge in [0.15, 0.2) is 5.13 Å². The van der Waals surface area contributed by atoms with E-state index < -0.39 is 0 Å². The molecule has 17 heavy (non-hydrogen) atoms. The summed E-state index contributed by atoms with van der Waals surface area (Å²) >= 11 is 7.59. The molecule has 0 aliphatic carbocycles. The fraction of sp³-hybridized carbons (Fsp3) is 0.308. The molecule has 2 rings (SSSR count). The van der Waals surface area contributed by atoms with Crippen LogP contribution in [0.3, 0.4) is 0 Å². The largest absolute Gasteiger partial charge is 0.375 e. The lowest BCUT2D eigenvalue weighted by Crippen LogP contribution is -1.89. The summed E-state index contributed by atoms with van der Waals surface area (Å²) in [6, 6.07) is 5.96. The highest BCUT2D eigenvalue weighted by Crippen LogP contribution is 2.35. The van der Waals surface area contributed by atoms with Crippen molar-refractivity contribution >= 4 is 28.1 Å². The normalized spacial score (nSPS) is 11.1. The van der Waals surface area contributed by atoms with E-state index in [0.29, 0.717) is 11.0 Å². The van der Waals surface area contributed by atoms with E-state index in [0.717, 1.165) is 21.8 Å². The Hall–Kier alpha value is -1.06. The number of thiazole rings is 1. The van der Waals surface area contributed by atoms with E-state index in [1.807, 2.05) is 19.1 Å². The van der Waals surface area contributed by atoms with Crippen LogP contribution in [-0.2, 0) is 0 Å². The SMILES string of the molecule is Cc1cc(-c2nc(N)sc2C(C)C)ccc1Cl. The number of hydrogen-bond acceptors (Lipinski definition) is 3. The predicted octanol–water partition coefficient (Wildman–Crippen LogP) is 4.48. The molecule has 0 atom stereocenters. The summed E-state index contributed by atoms with van der Waals surface area (Å²) in [5.41, 5.74) is 8.94. The van der Waals surface area contributed by atoms with Crippen LogP contribution >= 0.6 is 22.9 Å². The zero-order valence-electron chi connectivity index (χ0n) is 10.1. The number of nitrogens with two attached hydrogens (primary N) is 1. The summed E-state index contributed by atoms with van der Waals surface area (Å²) in [7, 11) is 0. The fourth-order valence-electron chi connectivity index (χ4n) is 1.74. The smallest absolute Gasteiger partial charge is 0.180 e. The molecule has 0 unspecified atom stereocenters. The van der Waals surface area contributed by atoms with Crippen LogP contribution in [-0.4, -0.2) is 4.98 Å². The number of nitrogen functional groups attached to an aromatic ring is 1. The minimum atomic E-state index is 0.427. The van der Waals surface area contributed by atoms with Crippen LogP contribution in [0, 0.1) is 6.92 Å². The third-order valence-corrected chi connectivity index (χ3v) is 4.23. The van der Waals surface area contributed by atoms with Gasteiger partial charge in [-0.3, -0.25) is 0 Å². The molecular weight excluding hydrogens is 252 g/mol. The standard InChI is InChI=1S/C13H15ClN2S/c1-7(2)12-11(16-13(15)17-12)9-4-5-10(14)8(3)6-9/h4-7H,1-3H3,(H2,15,16). The number of rotatable bonds is 2. The fourth-order valence-corrected chi connectivity index (χ4v) is 2.71. The molecule has 1 aromatic carbocycles. The molecule has 0 radical (unpaired) electrons. The lowest BCUT2D eigenvalue weighted by atomic mass is 10.0. The molecule has 4 heteroatoms. The van der Waals surface area contributed by atoms with Crippen molar-refractivity contribution in [1.82, 2.24) is 4.98 Å². The second kappa shape index (κ2) is 4.67. The molecule has 0 aliphatic rings. The van der Waals surface area contributed by atoms with E-state index in [4.69, 9.17) is 17.3 Å². The summed E-state index contributed by atoms with van der Waals surface area (Å²) in [5.74, 6) is 0.427. The Morgan fingerprint density at radius 3 is 2.65 bits per heavy atom. The third-order valence-electron chi connectivity index (χ3n) is 2.63. The maximum Gasteiger partial charge on any atom is 0.180 e. The van der Waals surface area contributed by atoms with E-state index in [1.165, 1.54) is 4.88 Å². The molecule has 2 nitrogen and oxygen atoms in total. The minimum absolute atomic E-state index is 0.427. The highest BCUT2D eigenvalue weighted by molar-refractivity contribution is 7.15. The Labute approximate surface area is 110 Å². The van der Waals surface area contributed by atoms with Gasteiger partial charge in [-0.15, -0.1) is 11.3 Å². The second-order valence-electron chi connectivity index (χ2n) is 4.38. The van der Waals surface area contributed by atoms with Gasteiger partial charge in [-0.1, -0.05) is 31.5 Å². The van der Waals surface area contributed by atoms with Crippen molar-refractivity contribution in [3.05, 3.63) is 33.7 Å². The number of nitrogens with zero attached hydrogens (tertiary/aromatic N) is 1. The average molecular weight is 267 g/mol. The minimum Gasteiger partial charge on any atom is -0.375 e. The summed E-state index contributed by atoms with van der Waals surface area (Å²) in [5, 5.41) is 1.40. The van der Waals surface area contributed by atoms with E-state index in [-0.39, 0.29) is 0 Å². The van der Waals surface area contributed by atoms with E-state index in [9.17, 15) is 0 Å². The van der Waals surface area contributed by atoms with Gasteiger partial charge in [0, 0.05) is 15.5 Å². The first-order chi connectivity index (χ1) is 7.99. The quantitative estimate of drug-likeness (QED) is 0.871. The number of benzene rings is 1. The van der Waals surface area contributed by atoms with Gasteiger partial charge in [0.25, 0.3) is 0 Å². The van der Waals surface area contributed by atoms with Gasteiger partial charge < -0.3 is 5.73 Å². The number of hydrogen-bond donors (Lipinski definition) is 1. The van der Waals surface area contributed by atoms with Crippen LogP contribution in [0.4, 0.5) is 5.13 Å². The Kier molecular flexibility index (Phi) is 3.40. The molecule has 0 fully saturated rings. The highest BCUT2D eigenvalue weighted by atomic mass is 35.5.